The van der Waals surface area contributed by atoms with Gasteiger partial charge in [-0.05, 0) is 47.5 Å². The molecule has 0 N–H and O–H groups in total. The van der Waals surface area contributed by atoms with E-state index >= 15 is 0 Å². The molecule has 1 aromatic carbocycles. The van der Waals surface area contributed by atoms with E-state index in [-0.39, 0.29) is 11.9 Å². The van der Waals surface area contributed by atoms with Crippen molar-refractivity contribution in [2.75, 3.05) is 0 Å². The summed E-state index contributed by atoms with van der Waals surface area (Å²) >= 11 is 3.31. The van der Waals surface area contributed by atoms with Gasteiger partial charge < -0.3 is 0 Å². The monoisotopic (exact) mass is 324 g/mol. The van der Waals surface area contributed by atoms with E-state index in [1.54, 1.807) is 16.9 Å². The normalized spacial score (nSPS) is 12.4. The molecule has 1 aromatic heterocycles. The maximum absolute atomic E-state index is 13.1. The Kier molecular flexibility index (Phi) is 4.14. The number of aromatic nitrogens is 2. The van der Waals surface area contributed by atoms with E-state index < -0.39 is 0 Å². The zero-order valence-electron chi connectivity index (χ0n) is 10.7. The molecule has 1 heterocycles. The van der Waals surface area contributed by atoms with Crippen molar-refractivity contribution in [2.45, 2.75) is 26.3 Å². The van der Waals surface area contributed by atoms with Crippen LogP contribution in [0.3, 0.4) is 0 Å². The fraction of sp³-hybridized carbons (Fsp3) is 0.286. The van der Waals surface area contributed by atoms with Crippen LogP contribution in [0, 0.1) is 5.82 Å². The summed E-state index contributed by atoms with van der Waals surface area (Å²) in [6.07, 6.45) is 3.42. The zero-order chi connectivity index (χ0) is 14.0. The number of carbonyl (C=O) groups excluding carboxylic acids is 1. The first kappa shape index (κ1) is 13.9. The van der Waals surface area contributed by atoms with Crippen molar-refractivity contribution in [3.8, 4) is 11.3 Å². The number of hydrogen-bond acceptors (Lipinski definition) is 2. The van der Waals surface area contributed by atoms with Gasteiger partial charge in [0.1, 0.15) is 11.5 Å². The Balaban J connectivity index is 2.54. The lowest BCUT2D eigenvalue weighted by Gasteiger charge is -2.08. The van der Waals surface area contributed by atoms with E-state index in [0.29, 0.717) is 21.3 Å². The molecule has 0 spiro atoms. The van der Waals surface area contributed by atoms with Crippen LogP contribution in [0.15, 0.2) is 28.9 Å². The molecule has 0 saturated carbocycles. The first-order chi connectivity index (χ1) is 9.06. The topological polar surface area (TPSA) is 34.9 Å². The van der Waals surface area contributed by atoms with Gasteiger partial charge in [-0.15, -0.1) is 0 Å². The van der Waals surface area contributed by atoms with Gasteiger partial charge in [0.05, 0.1) is 5.56 Å². The highest BCUT2D eigenvalue weighted by Gasteiger charge is 2.15. The van der Waals surface area contributed by atoms with E-state index in [1.165, 1.54) is 12.1 Å². The Hall–Kier alpha value is -1.49. The standard InChI is InChI=1S/C14H14BrFN2O/c1-3-9(2)18-7-10(8-19)14(17-18)12-5-4-11(16)6-13(12)15/h4-9H,3H2,1-2H3. The summed E-state index contributed by atoms with van der Waals surface area (Å²) in [5.74, 6) is -0.329. The van der Waals surface area contributed by atoms with Gasteiger partial charge in [0.15, 0.2) is 6.29 Å². The molecule has 19 heavy (non-hydrogen) atoms. The molecule has 0 aliphatic rings. The van der Waals surface area contributed by atoms with Gasteiger partial charge in [0, 0.05) is 22.3 Å². The Morgan fingerprint density at radius 2 is 2.26 bits per heavy atom. The van der Waals surface area contributed by atoms with Gasteiger partial charge >= 0.3 is 0 Å². The summed E-state index contributed by atoms with van der Waals surface area (Å²) in [5.41, 5.74) is 1.79. The van der Waals surface area contributed by atoms with Crippen LogP contribution < -0.4 is 0 Å². The van der Waals surface area contributed by atoms with E-state index in [4.69, 9.17) is 0 Å². The van der Waals surface area contributed by atoms with Crippen LogP contribution in [0.25, 0.3) is 11.3 Å². The quantitative estimate of drug-likeness (QED) is 0.788. The van der Waals surface area contributed by atoms with E-state index in [9.17, 15) is 9.18 Å². The Labute approximate surface area is 119 Å². The molecular formula is C14H14BrFN2O. The lowest BCUT2D eigenvalue weighted by atomic mass is 10.1. The molecular weight excluding hydrogens is 311 g/mol. The Morgan fingerprint density at radius 1 is 1.53 bits per heavy atom. The molecule has 3 nitrogen and oxygen atoms in total. The second kappa shape index (κ2) is 5.65. The number of nitrogens with zero attached hydrogens (tertiary/aromatic N) is 2. The third kappa shape index (κ3) is 2.76. The fourth-order valence-electron chi connectivity index (χ4n) is 1.80. The van der Waals surface area contributed by atoms with Crippen molar-refractivity contribution < 1.29 is 9.18 Å². The van der Waals surface area contributed by atoms with Crippen LogP contribution in [0.1, 0.15) is 36.7 Å². The fourth-order valence-corrected chi connectivity index (χ4v) is 2.33. The lowest BCUT2D eigenvalue weighted by molar-refractivity contribution is 0.112. The molecule has 0 bridgehead atoms. The van der Waals surface area contributed by atoms with Crippen molar-refractivity contribution in [3.63, 3.8) is 0 Å². The van der Waals surface area contributed by atoms with Gasteiger partial charge in [-0.1, -0.05) is 6.92 Å². The van der Waals surface area contributed by atoms with Crippen molar-refractivity contribution >= 4 is 22.2 Å². The molecule has 0 aliphatic carbocycles. The van der Waals surface area contributed by atoms with Crippen molar-refractivity contribution in [2.24, 2.45) is 0 Å². The minimum Gasteiger partial charge on any atom is -0.298 e. The zero-order valence-corrected chi connectivity index (χ0v) is 12.3. The van der Waals surface area contributed by atoms with Crippen LogP contribution in [-0.2, 0) is 0 Å². The highest BCUT2D eigenvalue weighted by molar-refractivity contribution is 9.10. The summed E-state index contributed by atoms with van der Waals surface area (Å²) in [6.45, 7) is 4.09. The minimum atomic E-state index is -0.329. The van der Waals surface area contributed by atoms with E-state index in [2.05, 4.69) is 28.0 Å². The summed E-state index contributed by atoms with van der Waals surface area (Å²) < 4.78 is 15.5. The average molecular weight is 325 g/mol. The highest BCUT2D eigenvalue weighted by Crippen LogP contribution is 2.30. The van der Waals surface area contributed by atoms with Crippen molar-refractivity contribution in [1.82, 2.24) is 9.78 Å². The predicted octanol–water partition coefficient (Wildman–Crippen LogP) is 4.24. The number of carbonyl (C=O) groups is 1. The largest absolute Gasteiger partial charge is 0.298 e. The number of rotatable bonds is 4. The van der Waals surface area contributed by atoms with Crippen LogP contribution in [-0.4, -0.2) is 16.1 Å². The SMILES string of the molecule is CCC(C)n1cc(C=O)c(-c2ccc(F)cc2Br)n1. The second-order valence-corrected chi connectivity index (χ2v) is 5.27. The van der Waals surface area contributed by atoms with Gasteiger partial charge in [0.2, 0.25) is 0 Å². The van der Waals surface area contributed by atoms with Crippen LogP contribution in [0.4, 0.5) is 4.39 Å². The summed E-state index contributed by atoms with van der Waals surface area (Å²) in [4.78, 5) is 11.2. The molecule has 100 valence electrons. The Morgan fingerprint density at radius 3 is 2.84 bits per heavy atom. The minimum absolute atomic E-state index is 0.215. The first-order valence-corrected chi connectivity index (χ1v) is 6.85. The maximum Gasteiger partial charge on any atom is 0.153 e. The number of hydrogen-bond donors (Lipinski definition) is 0. The second-order valence-electron chi connectivity index (χ2n) is 4.41. The van der Waals surface area contributed by atoms with Gasteiger partial charge in [-0.3, -0.25) is 9.48 Å². The predicted molar refractivity (Wildman–Crippen MR) is 75.7 cm³/mol. The molecule has 0 fully saturated rings. The van der Waals surface area contributed by atoms with Gasteiger partial charge in [-0.25, -0.2) is 4.39 Å². The number of aldehydes is 1. The molecule has 0 saturated heterocycles. The molecule has 5 heteroatoms. The van der Waals surface area contributed by atoms with Crippen LogP contribution >= 0.6 is 15.9 Å². The summed E-state index contributed by atoms with van der Waals surface area (Å²) in [6, 6.07) is 4.56. The van der Waals surface area contributed by atoms with Crippen molar-refractivity contribution in [3.05, 3.63) is 40.2 Å². The van der Waals surface area contributed by atoms with E-state index in [0.717, 1.165) is 12.7 Å². The number of halogens is 2. The van der Waals surface area contributed by atoms with Crippen LogP contribution in [0.5, 0.6) is 0 Å². The summed E-state index contributed by atoms with van der Waals surface area (Å²) in [7, 11) is 0. The van der Waals surface area contributed by atoms with Gasteiger partial charge in [0.25, 0.3) is 0 Å². The molecule has 2 rings (SSSR count). The lowest BCUT2D eigenvalue weighted by Crippen LogP contribution is -2.04. The van der Waals surface area contributed by atoms with Crippen molar-refractivity contribution in [1.29, 1.82) is 0 Å². The third-order valence-electron chi connectivity index (χ3n) is 3.12. The van der Waals surface area contributed by atoms with Crippen LogP contribution in [0.2, 0.25) is 0 Å². The highest BCUT2D eigenvalue weighted by atomic mass is 79.9. The third-order valence-corrected chi connectivity index (χ3v) is 3.77. The maximum atomic E-state index is 13.1. The molecule has 0 aliphatic heterocycles. The van der Waals surface area contributed by atoms with E-state index in [1.807, 2.05) is 6.92 Å². The molecule has 1 atom stereocenters. The first-order valence-electron chi connectivity index (χ1n) is 6.06. The van der Waals surface area contributed by atoms with Gasteiger partial charge in [-0.2, -0.15) is 5.10 Å². The molecule has 0 amide bonds. The molecule has 0 radical (unpaired) electrons. The molecule has 1 unspecified atom stereocenters. The smallest absolute Gasteiger partial charge is 0.153 e. The number of benzene rings is 1. The Bertz CT molecular complexity index is 609. The molecule has 2 aromatic rings. The average Bonchev–Trinajstić information content (AvgIpc) is 2.81. The summed E-state index contributed by atoms with van der Waals surface area (Å²) in [5, 5.41) is 4.45.